The van der Waals surface area contributed by atoms with Gasteiger partial charge in [-0.05, 0) is 58.7 Å². The van der Waals surface area contributed by atoms with Crippen molar-refractivity contribution >= 4 is 33.0 Å². The molecule has 0 bridgehead atoms. The Labute approximate surface area is 361 Å². The van der Waals surface area contributed by atoms with Crippen molar-refractivity contribution in [2.75, 3.05) is 0 Å². The first-order valence-electron chi connectivity index (χ1n) is 19.6. The summed E-state index contributed by atoms with van der Waals surface area (Å²) in [5.74, 6) is 0.705. The number of benzene rings is 8. The summed E-state index contributed by atoms with van der Waals surface area (Å²) < 4.78 is 8.53. The maximum atomic E-state index is 11.9. The van der Waals surface area contributed by atoms with Gasteiger partial charge in [-0.15, -0.1) is 23.8 Å². The minimum absolute atomic E-state index is 0. The van der Waals surface area contributed by atoms with Crippen LogP contribution in [0.3, 0.4) is 0 Å². The van der Waals surface area contributed by atoms with E-state index < -0.39 is 0 Å². The van der Waals surface area contributed by atoms with Crippen LogP contribution in [0.5, 0.6) is 5.75 Å². The molecular formula is C54H34N3O2Pt-. The third-order valence-corrected chi connectivity index (χ3v) is 11.1. The fourth-order valence-corrected chi connectivity index (χ4v) is 8.25. The number of nitrogens with zero attached hydrogens (tertiary/aromatic N) is 3. The fraction of sp³-hybridized carbons (Fsp3) is 0. The Balaban J connectivity index is 0.00000433. The van der Waals surface area contributed by atoms with E-state index in [1.807, 2.05) is 66.9 Å². The molecule has 11 rings (SSSR count). The summed E-state index contributed by atoms with van der Waals surface area (Å²) in [5, 5.41) is 13.7. The summed E-state index contributed by atoms with van der Waals surface area (Å²) in [5.41, 5.74) is 14.5. The van der Waals surface area contributed by atoms with Crippen LogP contribution in [0, 0.1) is 6.07 Å². The second kappa shape index (κ2) is 15.4. The third-order valence-electron chi connectivity index (χ3n) is 11.1. The summed E-state index contributed by atoms with van der Waals surface area (Å²) in [6, 6.07) is 69.7. The van der Waals surface area contributed by atoms with Crippen LogP contribution in [0.4, 0.5) is 0 Å². The van der Waals surface area contributed by atoms with Crippen molar-refractivity contribution in [3.05, 3.63) is 206 Å². The third kappa shape index (κ3) is 6.50. The number of para-hydroxylation sites is 3. The Morgan fingerprint density at radius 2 is 1.13 bits per heavy atom. The number of aromatic hydroxyl groups is 1. The van der Waals surface area contributed by atoms with Crippen molar-refractivity contribution in [1.82, 2.24) is 14.5 Å². The molecule has 60 heavy (non-hydrogen) atoms. The number of aromatic nitrogens is 3. The van der Waals surface area contributed by atoms with E-state index in [1.165, 1.54) is 0 Å². The van der Waals surface area contributed by atoms with Crippen molar-refractivity contribution in [2.24, 2.45) is 0 Å². The van der Waals surface area contributed by atoms with Crippen molar-refractivity contribution in [2.45, 2.75) is 0 Å². The Morgan fingerprint density at radius 3 is 1.92 bits per heavy atom. The predicted molar refractivity (Wildman–Crippen MR) is 239 cm³/mol. The van der Waals surface area contributed by atoms with E-state index in [-0.39, 0.29) is 26.8 Å². The fourth-order valence-electron chi connectivity index (χ4n) is 8.25. The van der Waals surface area contributed by atoms with Crippen LogP contribution >= 0.6 is 0 Å². The van der Waals surface area contributed by atoms with E-state index in [4.69, 9.17) is 14.4 Å². The average Bonchev–Trinajstić information content (AvgIpc) is 3.87. The summed E-state index contributed by atoms with van der Waals surface area (Å²) in [6.45, 7) is 0. The van der Waals surface area contributed by atoms with Gasteiger partial charge in [0.2, 0.25) is 0 Å². The predicted octanol–water partition coefficient (Wildman–Crippen LogP) is 13.8. The largest absolute Gasteiger partial charge is 0.507 e. The smallest absolute Gasteiger partial charge is 0.148 e. The zero-order chi connectivity index (χ0) is 39.3. The number of furan rings is 1. The average molecular weight is 952 g/mol. The van der Waals surface area contributed by atoms with Crippen molar-refractivity contribution in [3.63, 3.8) is 0 Å². The van der Waals surface area contributed by atoms with E-state index in [2.05, 4.69) is 138 Å². The topological polar surface area (TPSA) is 64.1 Å². The van der Waals surface area contributed by atoms with Gasteiger partial charge in [-0.1, -0.05) is 162 Å². The van der Waals surface area contributed by atoms with E-state index >= 15 is 0 Å². The second-order valence-electron chi connectivity index (χ2n) is 14.6. The molecule has 0 radical (unpaired) electrons. The van der Waals surface area contributed by atoms with Crippen molar-refractivity contribution < 1.29 is 30.6 Å². The first-order valence-corrected chi connectivity index (χ1v) is 19.6. The second-order valence-corrected chi connectivity index (χ2v) is 14.6. The Morgan fingerprint density at radius 1 is 0.483 bits per heavy atom. The molecule has 11 aromatic rings. The van der Waals surface area contributed by atoms with E-state index in [9.17, 15) is 5.11 Å². The number of phenolic OH excluding ortho intramolecular Hbond substituents is 1. The molecule has 3 aromatic heterocycles. The zero-order valence-corrected chi connectivity index (χ0v) is 34.3. The molecule has 1 N–H and O–H groups in total. The van der Waals surface area contributed by atoms with Gasteiger partial charge in [0, 0.05) is 49.3 Å². The zero-order valence-electron chi connectivity index (χ0n) is 32.1. The molecule has 3 heterocycles. The first kappa shape index (κ1) is 37.0. The molecule has 0 unspecified atom stereocenters. The Hall–Kier alpha value is -7.33. The maximum Gasteiger partial charge on any atom is 0.148 e. The van der Waals surface area contributed by atoms with Gasteiger partial charge in [0.25, 0.3) is 0 Å². The van der Waals surface area contributed by atoms with Crippen LogP contribution < -0.4 is 0 Å². The number of fused-ring (bicyclic) bond motifs is 4. The molecule has 0 aliphatic rings. The van der Waals surface area contributed by atoms with Crippen molar-refractivity contribution in [3.8, 4) is 78.6 Å². The van der Waals surface area contributed by atoms with Gasteiger partial charge in [0.15, 0.2) is 0 Å². The van der Waals surface area contributed by atoms with Crippen LogP contribution in [-0.4, -0.2) is 19.6 Å². The molecule has 0 atom stereocenters. The molecule has 0 spiro atoms. The normalized spacial score (nSPS) is 11.3. The number of hydrogen-bond acceptors (Lipinski definition) is 4. The summed E-state index contributed by atoms with van der Waals surface area (Å²) in [4.78, 5) is 10.3. The molecular weight excluding hydrogens is 918 g/mol. The molecule has 0 amide bonds. The quantitative estimate of drug-likeness (QED) is 0.162. The summed E-state index contributed by atoms with van der Waals surface area (Å²) in [7, 11) is 0. The van der Waals surface area contributed by atoms with E-state index in [0.717, 1.165) is 88.8 Å². The molecule has 6 heteroatoms. The molecule has 288 valence electrons. The van der Waals surface area contributed by atoms with Gasteiger partial charge in [-0.2, -0.15) is 0 Å². The monoisotopic (exact) mass is 951 g/mol. The van der Waals surface area contributed by atoms with Crippen LogP contribution in [0.25, 0.3) is 106 Å². The molecule has 0 fully saturated rings. The summed E-state index contributed by atoms with van der Waals surface area (Å²) in [6.07, 6.45) is 1.87. The van der Waals surface area contributed by atoms with Crippen molar-refractivity contribution in [1.29, 1.82) is 0 Å². The molecule has 0 aliphatic carbocycles. The van der Waals surface area contributed by atoms with Crippen LogP contribution in [-0.2, 0) is 21.1 Å². The minimum atomic E-state index is 0. The van der Waals surface area contributed by atoms with Gasteiger partial charge in [0.1, 0.15) is 22.7 Å². The first-order chi connectivity index (χ1) is 29.2. The molecule has 8 aromatic carbocycles. The SMILES string of the molecule is Oc1cc2c(cc1-c1nc3c(-c4[c-]c(-c5cc(-c6ccccc6)ccn5)cc(-c5ccccc5)c4)cccc3n1-c1ccccc1-c1ccccc1)oc1ccccc12.[Pt]. The maximum absolute atomic E-state index is 11.9. The van der Waals surface area contributed by atoms with Crippen LogP contribution in [0.2, 0.25) is 0 Å². The number of hydrogen-bond donors (Lipinski definition) is 1. The Kier molecular flexibility index (Phi) is 9.52. The Bertz CT molecular complexity index is 3340. The van der Waals surface area contributed by atoms with Gasteiger partial charge in [0.05, 0.1) is 22.3 Å². The van der Waals surface area contributed by atoms with Crippen LogP contribution in [0.15, 0.2) is 205 Å². The number of phenols is 1. The van der Waals surface area contributed by atoms with E-state index in [0.29, 0.717) is 17.0 Å². The summed E-state index contributed by atoms with van der Waals surface area (Å²) >= 11 is 0. The van der Waals surface area contributed by atoms with Gasteiger partial charge in [-0.25, -0.2) is 4.98 Å². The number of rotatable bonds is 7. The van der Waals surface area contributed by atoms with Gasteiger partial charge in [-0.3, -0.25) is 9.55 Å². The molecule has 0 saturated carbocycles. The molecule has 0 saturated heterocycles. The number of pyridine rings is 1. The minimum Gasteiger partial charge on any atom is -0.507 e. The molecule has 5 nitrogen and oxygen atoms in total. The van der Waals surface area contributed by atoms with Crippen LogP contribution in [0.1, 0.15) is 0 Å². The molecule has 0 aliphatic heterocycles. The number of imidazole rings is 1. The standard InChI is InChI=1S/C54H34N3O2.Pt/c58-50-33-45-44-22-11-13-26-51(44)59-52(45)34-46(50)54-56-53-43(23-14-25-49(53)57(54)48-24-12-10-21-42(48)37-19-8-3-9-20-37)40-29-39(36-17-6-2-7-18-36)30-41(31-40)47-32-38(27-28-55-47)35-15-4-1-5-16-35;/h1-30,32-34,58H;/q-1;. The van der Waals surface area contributed by atoms with Gasteiger partial charge >= 0.3 is 0 Å². The van der Waals surface area contributed by atoms with Gasteiger partial charge < -0.3 is 9.52 Å². The van der Waals surface area contributed by atoms with E-state index in [1.54, 1.807) is 6.07 Å².